The molecule has 0 amide bonds. The fraction of sp³-hybridized carbons (Fsp3) is 0.889. The molecule has 4 rings (SSSR count). The zero-order valence-electron chi connectivity index (χ0n) is 12.2. The Kier molecular flexibility index (Phi) is 2.75. The SMILES string of the molecule is C[C@@]12CCC[C@H]1[C@@H]1CCC3CC#CC(N)[C@@H]3[C@H]1CC2. The summed E-state index contributed by atoms with van der Waals surface area (Å²) >= 11 is 0. The lowest BCUT2D eigenvalue weighted by Crippen LogP contribution is -2.51. The van der Waals surface area contributed by atoms with Gasteiger partial charge in [-0.3, -0.25) is 0 Å². The molecule has 0 bridgehead atoms. The van der Waals surface area contributed by atoms with Gasteiger partial charge >= 0.3 is 0 Å². The molecule has 1 heteroatoms. The highest BCUT2D eigenvalue weighted by atomic mass is 14.7. The molecule has 104 valence electrons. The van der Waals surface area contributed by atoms with Crippen molar-refractivity contribution in [2.75, 3.05) is 0 Å². The highest BCUT2D eigenvalue weighted by molar-refractivity contribution is 5.18. The van der Waals surface area contributed by atoms with Crippen molar-refractivity contribution in [3.63, 3.8) is 0 Å². The van der Waals surface area contributed by atoms with Gasteiger partial charge in [0, 0.05) is 6.42 Å². The molecule has 4 aliphatic rings. The Bertz CT molecular complexity index is 431. The second-order valence-corrected chi connectivity index (χ2v) is 7.98. The second kappa shape index (κ2) is 4.26. The molecule has 0 aliphatic heterocycles. The molecule has 0 aromatic carbocycles. The van der Waals surface area contributed by atoms with E-state index in [4.69, 9.17) is 5.73 Å². The predicted octanol–water partition coefficient (Wildman–Crippen LogP) is 3.58. The van der Waals surface area contributed by atoms with Gasteiger partial charge in [-0.05, 0) is 73.5 Å². The summed E-state index contributed by atoms with van der Waals surface area (Å²) in [6.07, 6.45) is 11.4. The van der Waals surface area contributed by atoms with E-state index in [2.05, 4.69) is 18.8 Å². The Labute approximate surface area is 117 Å². The van der Waals surface area contributed by atoms with Crippen molar-refractivity contribution in [2.45, 2.75) is 64.3 Å². The lowest BCUT2D eigenvalue weighted by atomic mass is 9.51. The predicted molar refractivity (Wildman–Crippen MR) is 78.2 cm³/mol. The molecule has 1 nitrogen and oxygen atoms in total. The minimum atomic E-state index is 0.178. The average Bonchev–Trinajstić information content (AvgIpc) is 2.80. The molecule has 3 saturated carbocycles. The normalized spacial score (nSPS) is 55.5. The van der Waals surface area contributed by atoms with Crippen molar-refractivity contribution >= 4 is 0 Å². The fourth-order valence-corrected chi connectivity index (χ4v) is 6.35. The van der Waals surface area contributed by atoms with Crippen LogP contribution < -0.4 is 5.73 Å². The minimum Gasteiger partial charge on any atom is -0.317 e. The third kappa shape index (κ3) is 1.72. The van der Waals surface area contributed by atoms with Gasteiger partial charge in [-0.25, -0.2) is 0 Å². The largest absolute Gasteiger partial charge is 0.317 e. The highest BCUT2D eigenvalue weighted by Crippen LogP contribution is 2.61. The van der Waals surface area contributed by atoms with Crippen molar-refractivity contribution in [3.8, 4) is 11.8 Å². The maximum Gasteiger partial charge on any atom is 0.0698 e. The van der Waals surface area contributed by atoms with Crippen molar-refractivity contribution in [2.24, 2.45) is 40.7 Å². The summed E-state index contributed by atoms with van der Waals surface area (Å²) in [6.45, 7) is 2.58. The Hall–Kier alpha value is -0.480. The third-order valence-electron chi connectivity index (χ3n) is 7.23. The molecule has 3 fully saturated rings. The standard InChI is InChI=1S/C18H27N/c1-18-10-3-5-15(18)13-8-7-12-4-2-6-16(19)17(12)14(13)9-11-18/h12-17H,3-5,7-11,19H2,1H3/t12?,13-,14+,15+,16?,17+,18+/m1/s1. The summed E-state index contributed by atoms with van der Waals surface area (Å²) in [5.41, 5.74) is 7.07. The second-order valence-electron chi connectivity index (χ2n) is 7.98. The van der Waals surface area contributed by atoms with Crippen LogP contribution in [0.25, 0.3) is 0 Å². The highest BCUT2D eigenvalue weighted by Gasteiger charge is 2.53. The van der Waals surface area contributed by atoms with Crippen molar-refractivity contribution < 1.29 is 0 Å². The number of hydrogen-bond donors (Lipinski definition) is 1. The molecule has 0 aromatic heterocycles. The quantitative estimate of drug-likeness (QED) is 0.660. The van der Waals surface area contributed by atoms with Crippen LogP contribution in [0.5, 0.6) is 0 Å². The van der Waals surface area contributed by atoms with Crippen molar-refractivity contribution in [3.05, 3.63) is 0 Å². The van der Waals surface area contributed by atoms with Crippen LogP contribution in [-0.4, -0.2) is 6.04 Å². The van der Waals surface area contributed by atoms with Gasteiger partial charge in [0.1, 0.15) is 0 Å². The molecule has 7 atom stereocenters. The first-order chi connectivity index (χ1) is 9.19. The van der Waals surface area contributed by atoms with Crippen LogP contribution in [0.4, 0.5) is 0 Å². The molecular weight excluding hydrogens is 230 g/mol. The van der Waals surface area contributed by atoms with Crippen LogP contribution in [-0.2, 0) is 0 Å². The molecule has 0 spiro atoms. The zero-order chi connectivity index (χ0) is 13.0. The Morgan fingerprint density at radius 2 is 1.95 bits per heavy atom. The average molecular weight is 257 g/mol. The van der Waals surface area contributed by atoms with E-state index in [9.17, 15) is 0 Å². The van der Waals surface area contributed by atoms with E-state index in [1.54, 1.807) is 0 Å². The lowest BCUT2D eigenvalue weighted by Gasteiger charge is -2.54. The van der Waals surface area contributed by atoms with E-state index in [0.717, 1.165) is 36.0 Å². The molecule has 19 heavy (non-hydrogen) atoms. The molecule has 0 saturated heterocycles. The van der Waals surface area contributed by atoms with Crippen molar-refractivity contribution in [1.29, 1.82) is 0 Å². The van der Waals surface area contributed by atoms with Crippen LogP contribution in [0.3, 0.4) is 0 Å². The van der Waals surface area contributed by atoms with E-state index in [-0.39, 0.29) is 6.04 Å². The Morgan fingerprint density at radius 3 is 2.84 bits per heavy atom. The minimum absolute atomic E-state index is 0.178. The monoisotopic (exact) mass is 257 g/mol. The van der Waals surface area contributed by atoms with E-state index in [0.29, 0.717) is 5.41 Å². The number of fused-ring (bicyclic) bond motifs is 5. The van der Waals surface area contributed by atoms with Gasteiger partial charge in [0.2, 0.25) is 0 Å². The smallest absolute Gasteiger partial charge is 0.0698 e. The van der Waals surface area contributed by atoms with E-state index in [1.807, 2.05) is 0 Å². The first kappa shape index (κ1) is 12.3. The summed E-state index contributed by atoms with van der Waals surface area (Å²) < 4.78 is 0. The summed E-state index contributed by atoms with van der Waals surface area (Å²) in [7, 11) is 0. The first-order valence-electron chi connectivity index (χ1n) is 8.43. The number of nitrogens with two attached hydrogens (primary N) is 1. The van der Waals surface area contributed by atoms with Crippen LogP contribution >= 0.6 is 0 Å². The maximum atomic E-state index is 6.39. The van der Waals surface area contributed by atoms with Gasteiger partial charge in [-0.15, -0.1) is 5.92 Å². The molecule has 0 radical (unpaired) electrons. The molecule has 2 unspecified atom stereocenters. The molecule has 0 heterocycles. The number of hydrogen-bond acceptors (Lipinski definition) is 1. The zero-order valence-corrected chi connectivity index (χ0v) is 12.2. The number of rotatable bonds is 0. The van der Waals surface area contributed by atoms with Gasteiger partial charge in [-0.1, -0.05) is 19.3 Å². The molecule has 0 aromatic rings. The Morgan fingerprint density at radius 1 is 1.05 bits per heavy atom. The van der Waals surface area contributed by atoms with E-state index >= 15 is 0 Å². The van der Waals surface area contributed by atoms with Gasteiger partial charge in [-0.2, -0.15) is 0 Å². The summed E-state index contributed by atoms with van der Waals surface area (Å²) in [5.74, 6) is 11.1. The van der Waals surface area contributed by atoms with Crippen LogP contribution in [0.1, 0.15) is 58.3 Å². The van der Waals surface area contributed by atoms with Crippen molar-refractivity contribution in [1.82, 2.24) is 0 Å². The summed E-state index contributed by atoms with van der Waals surface area (Å²) in [4.78, 5) is 0. The lowest BCUT2D eigenvalue weighted by molar-refractivity contribution is -0.0401. The molecular formula is C18H27N. The third-order valence-corrected chi connectivity index (χ3v) is 7.23. The first-order valence-corrected chi connectivity index (χ1v) is 8.43. The van der Waals surface area contributed by atoms with Crippen LogP contribution in [0.2, 0.25) is 0 Å². The Balaban J connectivity index is 1.64. The maximum absolute atomic E-state index is 6.39. The molecule has 4 aliphatic carbocycles. The van der Waals surface area contributed by atoms with Crippen LogP contribution in [0.15, 0.2) is 0 Å². The van der Waals surface area contributed by atoms with E-state index < -0.39 is 0 Å². The summed E-state index contributed by atoms with van der Waals surface area (Å²) in [6, 6.07) is 0.178. The molecule has 2 N–H and O–H groups in total. The fourth-order valence-electron chi connectivity index (χ4n) is 6.35. The van der Waals surface area contributed by atoms with Crippen LogP contribution in [0, 0.1) is 46.8 Å². The van der Waals surface area contributed by atoms with E-state index in [1.165, 1.54) is 44.9 Å². The van der Waals surface area contributed by atoms with Gasteiger partial charge in [0.05, 0.1) is 6.04 Å². The topological polar surface area (TPSA) is 26.0 Å². The van der Waals surface area contributed by atoms with Gasteiger partial charge < -0.3 is 5.73 Å². The summed E-state index contributed by atoms with van der Waals surface area (Å²) in [5, 5.41) is 0. The van der Waals surface area contributed by atoms with Gasteiger partial charge in [0.15, 0.2) is 0 Å². The van der Waals surface area contributed by atoms with Gasteiger partial charge in [0.25, 0.3) is 0 Å².